The fourth-order valence-electron chi connectivity index (χ4n) is 10.2. The SMILES string of the molecule is CCCCC/C=C\C/C=C\C/C=C\C/C=C\CCCCCC(=O)OCC(COC(=O)CCCCCCCCCCCCCCCCCCCCC)OC(=O)CCCCCCCCCCCCCCCCCCCCCCC. The van der Waals surface area contributed by atoms with E-state index in [-0.39, 0.29) is 31.1 Å². The van der Waals surface area contributed by atoms with Crippen LogP contribution in [-0.2, 0) is 28.6 Å². The lowest BCUT2D eigenvalue weighted by molar-refractivity contribution is -0.167. The molecule has 0 spiro atoms. The van der Waals surface area contributed by atoms with E-state index in [1.54, 1.807) is 0 Å². The van der Waals surface area contributed by atoms with Gasteiger partial charge in [-0.25, -0.2) is 0 Å². The van der Waals surface area contributed by atoms with Gasteiger partial charge in [-0.15, -0.1) is 0 Å². The highest BCUT2D eigenvalue weighted by Gasteiger charge is 2.19. The minimum atomic E-state index is -0.784. The monoisotopic (exact) mass is 1080 g/mol. The van der Waals surface area contributed by atoms with E-state index in [0.29, 0.717) is 19.3 Å². The maximum absolute atomic E-state index is 12.9. The van der Waals surface area contributed by atoms with Crippen molar-refractivity contribution in [2.45, 2.75) is 374 Å². The van der Waals surface area contributed by atoms with E-state index in [9.17, 15) is 14.4 Å². The van der Waals surface area contributed by atoms with Crippen LogP contribution in [0.25, 0.3) is 0 Å². The molecule has 0 N–H and O–H groups in total. The summed E-state index contributed by atoms with van der Waals surface area (Å²) >= 11 is 0. The number of unbranched alkanes of at least 4 members (excludes halogenated alkanes) is 44. The van der Waals surface area contributed by atoms with E-state index in [2.05, 4.69) is 69.4 Å². The highest BCUT2D eigenvalue weighted by Crippen LogP contribution is 2.18. The van der Waals surface area contributed by atoms with E-state index in [4.69, 9.17) is 14.2 Å². The zero-order valence-corrected chi connectivity index (χ0v) is 51.7. The molecule has 0 amide bonds. The van der Waals surface area contributed by atoms with Crippen LogP contribution in [0.2, 0.25) is 0 Å². The van der Waals surface area contributed by atoms with Crippen LogP contribution < -0.4 is 0 Å². The fourth-order valence-corrected chi connectivity index (χ4v) is 10.2. The van der Waals surface area contributed by atoms with Gasteiger partial charge in [-0.05, 0) is 64.2 Å². The molecule has 0 fully saturated rings. The molecule has 1 atom stereocenters. The molecule has 0 aromatic rings. The lowest BCUT2D eigenvalue weighted by atomic mass is 10.0. The average Bonchev–Trinajstić information content (AvgIpc) is 3.43. The molecule has 0 radical (unpaired) electrons. The summed E-state index contributed by atoms with van der Waals surface area (Å²) in [5.41, 5.74) is 0. The van der Waals surface area contributed by atoms with E-state index in [1.165, 1.54) is 244 Å². The Morgan fingerprint density at radius 2 is 0.468 bits per heavy atom. The normalized spacial score (nSPS) is 12.3. The Hall–Kier alpha value is -2.63. The number of esters is 3. The van der Waals surface area contributed by atoms with Crippen molar-refractivity contribution in [2.75, 3.05) is 13.2 Å². The summed E-state index contributed by atoms with van der Waals surface area (Å²) in [6.07, 6.45) is 82.7. The fraction of sp³-hybridized carbons (Fsp3) is 0.845. The first-order valence-electron chi connectivity index (χ1n) is 34.1. The molecule has 450 valence electrons. The molecule has 0 rings (SSSR count). The Bertz CT molecular complexity index is 1330. The van der Waals surface area contributed by atoms with Gasteiger partial charge in [0.25, 0.3) is 0 Å². The highest BCUT2D eigenvalue weighted by molar-refractivity contribution is 5.71. The standard InChI is InChI=1S/C71H130O6/c1-4-7-10-13-16-19-22-25-28-31-34-35-38-41-44-47-50-53-56-59-62-65-71(74)77-68(66-75-69(72)63-60-57-54-51-48-45-42-39-36-32-29-26-23-20-17-14-11-8-5-2)67-76-70(73)64-61-58-55-52-49-46-43-40-37-33-30-27-24-21-18-15-12-9-6-3/h17,20,26,29,36,39,45,48,68H,4-16,18-19,21-25,27-28,30-35,37-38,40-44,46-47,49-67H2,1-3H3/b20-17-,29-26-,39-36-,48-45-. The number of allylic oxidation sites excluding steroid dienone is 8. The number of ether oxygens (including phenoxy) is 3. The molecule has 6 heteroatoms. The van der Waals surface area contributed by atoms with Gasteiger partial charge in [0, 0.05) is 19.3 Å². The smallest absolute Gasteiger partial charge is 0.306 e. The Morgan fingerprint density at radius 3 is 0.753 bits per heavy atom. The third-order valence-corrected chi connectivity index (χ3v) is 15.3. The topological polar surface area (TPSA) is 78.9 Å². The molecule has 0 aromatic heterocycles. The molecular weight excluding hydrogens is 949 g/mol. The molecule has 77 heavy (non-hydrogen) atoms. The van der Waals surface area contributed by atoms with Crippen LogP contribution in [0.5, 0.6) is 0 Å². The van der Waals surface area contributed by atoms with Crippen molar-refractivity contribution in [3.63, 3.8) is 0 Å². The summed E-state index contributed by atoms with van der Waals surface area (Å²) in [5.74, 6) is -0.882. The Kier molecular flexibility index (Phi) is 63.6. The van der Waals surface area contributed by atoms with Crippen LogP contribution in [0.15, 0.2) is 48.6 Å². The summed E-state index contributed by atoms with van der Waals surface area (Å²) in [7, 11) is 0. The number of carbonyl (C=O) groups excluding carboxylic acids is 3. The van der Waals surface area contributed by atoms with Crippen molar-refractivity contribution >= 4 is 17.9 Å². The summed E-state index contributed by atoms with van der Waals surface area (Å²) in [6.45, 7) is 6.66. The number of hydrogen-bond donors (Lipinski definition) is 0. The summed E-state index contributed by atoms with van der Waals surface area (Å²) in [4.78, 5) is 38.4. The highest BCUT2D eigenvalue weighted by atomic mass is 16.6. The van der Waals surface area contributed by atoms with Crippen molar-refractivity contribution in [3.8, 4) is 0 Å². The summed E-state index contributed by atoms with van der Waals surface area (Å²) in [6, 6.07) is 0. The van der Waals surface area contributed by atoms with Crippen LogP contribution in [0.1, 0.15) is 367 Å². The zero-order valence-electron chi connectivity index (χ0n) is 51.7. The lowest BCUT2D eigenvalue weighted by Crippen LogP contribution is -2.30. The van der Waals surface area contributed by atoms with Crippen LogP contribution >= 0.6 is 0 Å². The van der Waals surface area contributed by atoms with E-state index < -0.39 is 6.10 Å². The van der Waals surface area contributed by atoms with Crippen LogP contribution in [0, 0.1) is 0 Å². The van der Waals surface area contributed by atoms with Crippen molar-refractivity contribution in [3.05, 3.63) is 48.6 Å². The Labute approximate surface area is 479 Å². The quantitative estimate of drug-likeness (QED) is 0.0261. The van der Waals surface area contributed by atoms with Gasteiger partial charge in [0.1, 0.15) is 13.2 Å². The predicted octanol–water partition coefficient (Wildman–Crippen LogP) is 23.3. The molecule has 0 saturated carbocycles. The molecular formula is C71H130O6. The van der Waals surface area contributed by atoms with Gasteiger partial charge in [-0.1, -0.05) is 333 Å². The third-order valence-electron chi connectivity index (χ3n) is 15.3. The van der Waals surface area contributed by atoms with Gasteiger partial charge in [0.2, 0.25) is 0 Å². The molecule has 6 nitrogen and oxygen atoms in total. The Balaban J connectivity index is 4.37. The molecule has 0 aliphatic heterocycles. The second-order valence-electron chi connectivity index (χ2n) is 23.1. The first kappa shape index (κ1) is 74.4. The minimum Gasteiger partial charge on any atom is -0.462 e. The first-order valence-corrected chi connectivity index (χ1v) is 34.1. The first-order chi connectivity index (χ1) is 38.0. The molecule has 0 aliphatic rings. The number of carbonyl (C=O) groups is 3. The van der Waals surface area contributed by atoms with Crippen molar-refractivity contribution in [1.82, 2.24) is 0 Å². The van der Waals surface area contributed by atoms with Gasteiger partial charge in [0.05, 0.1) is 0 Å². The van der Waals surface area contributed by atoms with Crippen molar-refractivity contribution in [1.29, 1.82) is 0 Å². The van der Waals surface area contributed by atoms with Crippen LogP contribution in [0.3, 0.4) is 0 Å². The minimum absolute atomic E-state index is 0.0780. The van der Waals surface area contributed by atoms with E-state index in [1.807, 2.05) is 0 Å². The maximum atomic E-state index is 12.9. The molecule has 0 saturated heterocycles. The molecule has 0 aromatic carbocycles. The van der Waals surface area contributed by atoms with Crippen LogP contribution in [-0.4, -0.2) is 37.2 Å². The third kappa shape index (κ3) is 64.1. The number of rotatable bonds is 63. The largest absolute Gasteiger partial charge is 0.462 e. The Morgan fingerprint density at radius 1 is 0.260 bits per heavy atom. The van der Waals surface area contributed by atoms with Gasteiger partial charge in [0.15, 0.2) is 6.10 Å². The van der Waals surface area contributed by atoms with Gasteiger partial charge in [-0.2, -0.15) is 0 Å². The summed E-state index contributed by atoms with van der Waals surface area (Å²) < 4.78 is 17.0. The second kappa shape index (κ2) is 65.9. The predicted molar refractivity (Wildman–Crippen MR) is 335 cm³/mol. The molecule has 0 bridgehead atoms. The zero-order chi connectivity index (χ0) is 55.7. The number of hydrogen-bond acceptors (Lipinski definition) is 6. The van der Waals surface area contributed by atoms with Gasteiger partial charge < -0.3 is 14.2 Å². The average molecular weight is 1080 g/mol. The molecule has 0 aliphatic carbocycles. The lowest BCUT2D eigenvalue weighted by Gasteiger charge is -2.18. The molecule has 0 heterocycles. The van der Waals surface area contributed by atoms with Crippen molar-refractivity contribution < 1.29 is 28.6 Å². The van der Waals surface area contributed by atoms with Gasteiger partial charge >= 0.3 is 17.9 Å². The summed E-state index contributed by atoms with van der Waals surface area (Å²) in [5, 5.41) is 0. The second-order valence-corrected chi connectivity index (χ2v) is 23.1. The van der Waals surface area contributed by atoms with E-state index in [0.717, 1.165) is 83.5 Å². The maximum Gasteiger partial charge on any atom is 0.306 e. The van der Waals surface area contributed by atoms with Gasteiger partial charge in [-0.3, -0.25) is 14.4 Å². The van der Waals surface area contributed by atoms with Crippen molar-refractivity contribution in [2.24, 2.45) is 0 Å². The van der Waals surface area contributed by atoms with Crippen LogP contribution in [0.4, 0.5) is 0 Å². The van der Waals surface area contributed by atoms with E-state index >= 15 is 0 Å². The molecule has 1 unspecified atom stereocenters.